The molecule has 4 nitrogen and oxygen atoms in total. The summed E-state index contributed by atoms with van der Waals surface area (Å²) in [6, 6.07) is 17.7. The van der Waals surface area contributed by atoms with Crippen LogP contribution in [-0.4, -0.2) is 42.9 Å². The zero-order valence-corrected chi connectivity index (χ0v) is 22.7. The average Bonchev–Trinajstić information content (AvgIpc) is 3.47. The molecule has 3 aliphatic heterocycles. The van der Waals surface area contributed by atoms with Crippen LogP contribution >= 0.6 is 69.1 Å². The number of thiocarbonyl (C=S) groups is 1. The molecule has 2 aromatic rings. The van der Waals surface area contributed by atoms with Gasteiger partial charge in [-0.05, 0) is 17.7 Å². The van der Waals surface area contributed by atoms with Gasteiger partial charge in [-0.25, -0.2) is 0 Å². The first-order valence-electron chi connectivity index (χ1n) is 10.4. The summed E-state index contributed by atoms with van der Waals surface area (Å²) in [5.74, 6) is -0.377. The SMILES string of the molecule is CCN1C(=C2SC(C(=O)c3ccccc3)=C(C(=O)c3ccccc3)S2)C(=S)SC2SSC(=O)C21. The van der Waals surface area contributed by atoms with E-state index in [-0.39, 0.29) is 27.3 Å². The van der Waals surface area contributed by atoms with Crippen LogP contribution in [0.2, 0.25) is 0 Å². The maximum absolute atomic E-state index is 13.5. The lowest BCUT2D eigenvalue weighted by atomic mass is 10.1. The first kappa shape index (κ1) is 24.3. The lowest BCUT2D eigenvalue weighted by molar-refractivity contribution is -0.114. The van der Waals surface area contributed by atoms with E-state index in [0.29, 0.717) is 31.7 Å². The van der Waals surface area contributed by atoms with Crippen molar-refractivity contribution in [2.45, 2.75) is 17.5 Å². The lowest BCUT2D eigenvalue weighted by Crippen LogP contribution is -2.47. The maximum Gasteiger partial charge on any atom is 0.223 e. The third kappa shape index (κ3) is 4.44. The minimum absolute atomic E-state index is 0.0505. The van der Waals surface area contributed by atoms with Gasteiger partial charge in [0, 0.05) is 17.7 Å². The highest BCUT2D eigenvalue weighted by atomic mass is 33.1. The molecule has 34 heavy (non-hydrogen) atoms. The first-order valence-corrected chi connectivity index (χ1v) is 15.5. The number of hydrogen-bond acceptors (Lipinski definition) is 10. The fourth-order valence-corrected chi connectivity index (χ4v) is 11.8. The van der Waals surface area contributed by atoms with Gasteiger partial charge in [0.25, 0.3) is 0 Å². The summed E-state index contributed by atoms with van der Waals surface area (Å²) in [5.41, 5.74) is 1.84. The molecule has 0 N–H and O–H groups in total. The zero-order valence-electron chi connectivity index (χ0n) is 17.8. The van der Waals surface area contributed by atoms with Gasteiger partial charge >= 0.3 is 0 Å². The van der Waals surface area contributed by atoms with Crippen molar-refractivity contribution < 1.29 is 14.4 Å². The number of Topliss-reactive ketones (excluding diaryl/α,β-unsaturated/α-hetero) is 2. The number of carbonyl (C=O) groups is 3. The summed E-state index contributed by atoms with van der Waals surface area (Å²) in [6.07, 6.45) is 0. The van der Waals surface area contributed by atoms with E-state index in [1.807, 2.05) is 43.3 Å². The van der Waals surface area contributed by atoms with Crippen molar-refractivity contribution in [1.29, 1.82) is 0 Å². The van der Waals surface area contributed by atoms with E-state index in [2.05, 4.69) is 4.90 Å². The highest BCUT2D eigenvalue weighted by molar-refractivity contribution is 8.84. The standard InChI is InChI=1S/C24H17NO3S6/c1-2-25-15-21(28)33-34-24(15)32-22(29)16(25)23-30-19(17(26)13-9-5-3-6-10-13)20(31-23)18(27)14-11-7-4-8-12-14/h3-12,15,24H,2H2,1H3. The maximum atomic E-state index is 13.5. The van der Waals surface area contributed by atoms with E-state index >= 15 is 0 Å². The summed E-state index contributed by atoms with van der Waals surface area (Å²) in [7, 11) is 2.83. The molecule has 0 amide bonds. The molecule has 0 aromatic heterocycles. The Balaban J connectivity index is 1.59. The van der Waals surface area contributed by atoms with Crippen LogP contribution in [0.3, 0.4) is 0 Å². The molecule has 2 saturated heterocycles. The van der Waals surface area contributed by atoms with Crippen molar-refractivity contribution in [3.8, 4) is 0 Å². The number of hydrogen-bond donors (Lipinski definition) is 0. The quantitative estimate of drug-likeness (QED) is 0.173. The Morgan fingerprint density at radius 2 is 1.44 bits per heavy atom. The summed E-state index contributed by atoms with van der Waals surface area (Å²) < 4.78 is 1.53. The van der Waals surface area contributed by atoms with E-state index in [1.54, 1.807) is 35.1 Å². The van der Waals surface area contributed by atoms with E-state index < -0.39 is 0 Å². The molecule has 172 valence electrons. The molecule has 10 heteroatoms. The number of likely N-dealkylation sites (N-methyl/N-ethyl adjacent to an activating group) is 1. The van der Waals surface area contributed by atoms with E-state index in [4.69, 9.17) is 12.2 Å². The molecule has 0 saturated carbocycles. The Labute approximate surface area is 223 Å². The second-order valence-electron chi connectivity index (χ2n) is 7.39. The minimum atomic E-state index is -0.275. The zero-order chi connectivity index (χ0) is 23.8. The molecule has 3 heterocycles. The van der Waals surface area contributed by atoms with Gasteiger partial charge < -0.3 is 4.90 Å². The van der Waals surface area contributed by atoms with E-state index in [1.165, 1.54) is 46.1 Å². The monoisotopic (exact) mass is 559 g/mol. The molecule has 0 bridgehead atoms. The van der Waals surface area contributed by atoms with Crippen molar-refractivity contribution in [2.24, 2.45) is 0 Å². The smallest absolute Gasteiger partial charge is 0.223 e. The fraction of sp³-hybridized carbons (Fsp3) is 0.167. The predicted octanol–water partition coefficient (Wildman–Crippen LogP) is 6.63. The van der Waals surface area contributed by atoms with Crippen LogP contribution < -0.4 is 0 Å². The number of fused-ring (bicyclic) bond motifs is 1. The Bertz CT molecular complexity index is 1190. The second-order valence-corrected chi connectivity index (χ2v) is 14.2. The number of carbonyl (C=O) groups excluding carboxylic acids is 3. The molecular formula is C24H17NO3S6. The molecule has 2 atom stereocenters. The molecule has 2 fully saturated rings. The third-order valence-electron chi connectivity index (χ3n) is 5.38. The van der Waals surface area contributed by atoms with Gasteiger partial charge in [-0.1, -0.05) is 119 Å². The highest BCUT2D eigenvalue weighted by Gasteiger charge is 2.48. The van der Waals surface area contributed by atoms with Gasteiger partial charge in [0.1, 0.15) is 6.04 Å². The first-order chi connectivity index (χ1) is 16.5. The van der Waals surface area contributed by atoms with Crippen LogP contribution in [0.15, 0.2) is 80.4 Å². The Morgan fingerprint density at radius 1 is 0.912 bits per heavy atom. The summed E-state index contributed by atoms with van der Waals surface area (Å²) in [6.45, 7) is 2.61. The van der Waals surface area contributed by atoms with E-state index in [9.17, 15) is 14.4 Å². The Kier molecular flexibility index (Phi) is 7.34. The van der Waals surface area contributed by atoms with Crippen molar-refractivity contribution in [3.63, 3.8) is 0 Å². The number of nitrogens with zero attached hydrogens (tertiary/aromatic N) is 1. The van der Waals surface area contributed by atoms with Crippen LogP contribution in [0, 0.1) is 0 Å². The molecule has 2 unspecified atom stereocenters. The topological polar surface area (TPSA) is 54.5 Å². The van der Waals surface area contributed by atoms with E-state index in [0.717, 1.165) is 9.93 Å². The molecule has 3 aliphatic rings. The van der Waals surface area contributed by atoms with Crippen LogP contribution in [0.5, 0.6) is 0 Å². The highest BCUT2D eigenvalue weighted by Crippen LogP contribution is 2.57. The minimum Gasteiger partial charge on any atom is -0.356 e. The molecule has 0 spiro atoms. The van der Waals surface area contributed by atoms with Crippen molar-refractivity contribution in [1.82, 2.24) is 4.90 Å². The lowest BCUT2D eigenvalue weighted by Gasteiger charge is -2.38. The summed E-state index contributed by atoms with van der Waals surface area (Å²) >= 11 is 9.89. The molecule has 5 rings (SSSR count). The molecule has 0 radical (unpaired) electrons. The number of benzene rings is 2. The molecule has 0 aliphatic carbocycles. The number of ketones is 2. The molecular weight excluding hydrogens is 543 g/mol. The van der Waals surface area contributed by atoms with Gasteiger partial charge in [0.05, 0.1) is 28.5 Å². The van der Waals surface area contributed by atoms with Gasteiger partial charge in [0.2, 0.25) is 16.7 Å². The van der Waals surface area contributed by atoms with Crippen LogP contribution in [0.25, 0.3) is 0 Å². The Morgan fingerprint density at radius 3 is 1.94 bits per heavy atom. The van der Waals surface area contributed by atoms with Gasteiger partial charge in [-0.2, -0.15) is 0 Å². The number of allylic oxidation sites excluding steroid dienone is 2. The van der Waals surface area contributed by atoms with Crippen LogP contribution in [0.4, 0.5) is 0 Å². The van der Waals surface area contributed by atoms with Gasteiger partial charge in [-0.15, -0.1) is 0 Å². The van der Waals surface area contributed by atoms with Crippen LogP contribution in [0.1, 0.15) is 27.6 Å². The normalized spacial score (nSPS) is 22.4. The van der Waals surface area contributed by atoms with Crippen LogP contribution in [-0.2, 0) is 4.79 Å². The van der Waals surface area contributed by atoms with Gasteiger partial charge in [0.15, 0.2) is 0 Å². The third-order valence-corrected chi connectivity index (χ3v) is 12.6. The van der Waals surface area contributed by atoms with Crippen molar-refractivity contribution in [3.05, 3.63) is 91.5 Å². The number of rotatable bonds is 5. The number of thioether (sulfide) groups is 3. The van der Waals surface area contributed by atoms with Crippen molar-refractivity contribution in [2.75, 3.05) is 6.54 Å². The second kappa shape index (κ2) is 10.3. The Hall–Kier alpha value is -1.43. The predicted molar refractivity (Wildman–Crippen MR) is 151 cm³/mol. The molecule has 2 aromatic carbocycles. The summed E-state index contributed by atoms with van der Waals surface area (Å²) in [4.78, 5) is 42.5. The fourth-order valence-electron chi connectivity index (χ4n) is 3.77. The van der Waals surface area contributed by atoms with Gasteiger partial charge in [-0.3, -0.25) is 14.4 Å². The average molecular weight is 560 g/mol. The summed E-state index contributed by atoms with van der Waals surface area (Å²) in [5, 5.41) is 0.118. The van der Waals surface area contributed by atoms with Crippen molar-refractivity contribution >= 4 is 90.0 Å². The largest absolute Gasteiger partial charge is 0.356 e.